The van der Waals surface area contributed by atoms with Gasteiger partial charge in [-0.2, -0.15) is 0 Å². The maximum absolute atomic E-state index is 13.5. The van der Waals surface area contributed by atoms with Crippen LogP contribution in [0.4, 0.5) is 0 Å². The van der Waals surface area contributed by atoms with Gasteiger partial charge in [-0.25, -0.2) is 13.4 Å². The topological polar surface area (TPSA) is 76.6 Å². The van der Waals surface area contributed by atoms with Crippen LogP contribution >= 0.6 is 0 Å². The second-order valence-corrected chi connectivity index (χ2v) is 10.7. The molecule has 6 nitrogen and oxygen atoms in total. The number of carbonyl (C=O) groups excluding carboxylic acids is 1. The number of pyridine rings is 1. The van der Waals surface area contributed by atoms with Crippen LogP contribution in [0.5, 0.6) is 5.75 Å². The van der Waals surface area contributed by atoms with E-state index in [-0.39, 0.29) is 23.5 Å². The lowest BCUT2D eigenvalue weighted by Crippen LogP contribution is -2.38. The molecule has 0 radical (unpaired) electrons. The third-order valence-corrected chi connectivity index (χ3v) is 8.12. The van der Waals surface area contributed by atoms with Crippen molar-refractivity contribution in [2.24, 2.45) is 0 Å². The highest BCUT2D eigenvalue weighted by Crippen LogP contribution is 2.30. The van der Waals surface area contributed by atoms with Gasteiger partial charge in [-0.3, -0.25) is 4.79 Å². The largest absolute Gasteiger partial charge is 0.497 e. The first kappa shape index (κ1) is 21.4. The molecule has 1 unspecified atom stereocenters. The van der Waals surface area contributed by atoms with Crippen LogP contribution in [0.25, 0.3) is 32.9 Å². The number of aromatic nitrogens is 1. The summed E-state index contributed by atoms with van der Waals surface area (Å²) in [4.78, 5) is 19.9. The number of sulfone groups is 1. The molecule has 0 spiro atoms. The zero-order chi connectivity index (χ0) is 23.2. The summed E-state index contributed by atoms with van der Waals surface area (Å²) in [6.45, 7) is 0. The average molecular weight is 461 g/mol. The van der Waals surface area contributed by atoms with Gasteiger partial charge < -0.3 is 9.64 Å². The molecule has 168 valence electrons. The van der Waals surface area contributed by atoms with Crippen molar-refractivity contribution in [2.45, 2.75) is 12.5 Å². The third kappa shape index (κ3) is 4.04. The van der Waals surface area contributed by atoms with Crippen molar-refractivity contribution >= 4 is 37.4 Å². The lowest BCUT2D eigenvalue weighted by atomic mass is 10.0. The SMILES string of the molecule is COc1ccc2cc(-c3cc(C(=O)N(C)C4CCS(=O)(=O)C4)c4ccccc4n3)ccc2c1. The van der Waals surface area contributed by atoms with E-state index < -0.39 is 9.84 Å². The van der Waals surface area contributed by atoms with Crippen LogP contribution < -0.4 is 4.74 Å². The monoisotopic (exact) mass is 460 g/mol. The minimum absolute atomic E-state index is 0.0131. The molecule has 1 amide bonds. The zero-order valence-electron chi connectivity index (χ0n) is 18.5. The highest BCUT2D eigenvalue weighted by atomic mass is 32.2. The fraction of sp³-hybridized carbons (Fsp3) is 0.231. The number of hydrogen-bond acceptors (Lipinski definition) is 5. The smallest absolute Gasteiger partial charge is 0.254 e. The standard InChI is InChI=1S/C26H24N2O4S/c1-28(20-11-12-33(30,31)16-20)26(29)23-15-25(27-24-6-4-3-5-22(23)24)19-8-7-18-14-21(32-2)10-9-17(18)13-19/h3-10,13-15,20H,11-12,16H2,1-2H3. The van der Waals surface area contributed by atoms with Crippen molar-refractivity contribution in [2.75, 3.05) is 25.7 Å². The number of benzene rings is 3. The summed E-state index contributed by atoms with van der Waals surface area (Å²) in [5, 5.41) is 2.85. The van der Waals surface area contributed by atoms with Gasteiger partial charge in [0, 0.05) is 24.0 Å². The average Bonchev–Trinajstić information content (AvgIpc) is 3.21. The molecule has 1 fully saturated rings. The minimum atomic E-state index is -3.09. The van der Waals surface area contributed by atoms with E-state index in [9.17, 15) is 13.2 Å². The molecule has 3 aromatic carbocycles. The van der Waals surface area contributed by atoms with E-state index in [1.807, 2.05) is 66.7 Å². The number of ether oxygens (including phenoxy) is 1. The Morgan fingerprint density at radius 1 is 1.03 bits per heavy atom. The summed E-state index contributed by atoms with van der Waals surface area (Å²) in [6, 6.07) is 21.0. The van der Waals surface area contributed by atoms with Gasteiger partial charge in [-0.05, 0) is 47.5 Å². The van der Waals surface area contributed by atoms with E-state index in [1.165, 1.54) is 0 Å². The van der Waals surface area contributed by atoms with Crippen LogP contribution in [0.15, 0.2) is 66.7 Å². The maximum atomic E-state index is 13.5. The summed E-state index contributed by atoms with van der Waals surface area (Å²) in [6.07, 6.45) is 0.467. The van der Waals surface area contributed by atoms with Crippen molar-refractivity contribution < 1.29 is 17.9 Å². The van der Waals surface area contributed by atoms with Gasteiger partial charge in [0.05, 0.1) is 35.4 Å². The molecule has 1 saturated heterocycles. The number of amides is 1. The molecule has 1 atom stereocenters. The van der Waals surface area contributed by atoms with E-state index in [2.05, 4.69) is 0 Å². The fourth-order valence-electron chi connectivity index (χ4n) is 4.45. The molecule has 7 heteroatoms. The molecule has 1 aliphatic heterocycles. The summed E-state index contributed by atoms with van der Waals surface area (Å²) >= 11 is 0. The number of para-hydroxylation sites is 1. The number of methoxy groups -OCH3 is 1. The van der Waals surface area contributed by atoms with E-state index >= 15 is 0 Å². The predicted molar refractivity (Wildman–Crippen MR) is 130 cm³/mol. The van der Waals surface area contributed by atoms with E-state index in [0.29, 0.717) is 17.7 Å². The van der Waals surface area contributed by atoms with Crippen LogP contribution in [-0.2, 0) is 9.84 Å². The van der Waals surface area contributed by atoms with Crippen LogP contribution in [0.3, 0.4) is 0 Å². The van der Waals surface area contributed by atoms with E-state index in [0.717, 1.165) is 33.0 Å². The summed E-state index contributed by atoms with van der Waals surface area (Å²) < 4.78 is 29.2. The molecular weight excluding hydrogens is 436 g/mol. The van der Waals surface area contributed by atoms with Gasteiger partial charge in [0.25, 0.3) is 5.91 Å². The Balaban J connectivity index is 1.59. The van der Waals surface area contributed by atoms with Gasteiger partial charge >= 0.3 is 0 Å². The first-order valence-electron chi connectivity index (χ1n) is 10.8. The Bertz CT molecular complexity index is 1500. The number of rotatable bonds is 4. The van der Waals surface area contributed by atoms with Gasteiger partial charge in [0.1, 0.15) is 5.75 Å². The van der Waals surface area contributed by atoms with Gasteiger partial charge in [-0.15, -0.1) is 0 Å². The molecule has 0 bridgehead atoms. The van der Waals surface area contributed by atoms with Crippen molar-refractivity contribution in [3.8, 4) is 17.0 Å². The van der Waals surface area contributed by atoms with Gasteiger partial charge in [-0.1, -0.05) is 36.4 Å². The Morgan fingerprint density at radius 3 is 2.55 bits per heavy atom. The van der Waals surface area contributed by atoms with Crippen molar-refractivity contribution in [3.05, 3.63) is 72.3 Å². The first-order chi connectivity index (χ1) is 15.8. The summed E-state index contributed by atoms with van der Waals surface area (Å²) in [5.41, 5.74) is 2.85. The fourth-order valence-corrected chi connectivity index (χ4v) is 6.22. The number of nitrogens with zero attached hydrogens (tertiary/aromatic N) is 2. The summed E-state index contributed by atoms with van der Waals surface area (Å²) in [7, 11) is 0.240. The first-order valence-corrected chi connectivity index (χ1v) is 12.6. The molecule has 1 aromatic heterocycles. The molecule has 4 aromatic rings. The molecule has 33 heavy (non-hydrogen) atoms. The number of fused-ring (bicyclic) bond motifs is 2. The molecular formula is C26H24N2O4S. The number of carbonyl (C=O) groups is 1. The lowest BCUT2D eigenvalue weighted by Gasteiger charge is -2.24. The van der Waals surface area contributed by atoms with E-state index in [4.69, 9.17) is 9.72 Å². The van der Waals surface area contributed by atoms with Crippen molar-refractivity contribution in [1.29, 1.82) is 0 Å². The predicted octanol–water partition coefficient (Wildman–Crippen LogP) is 4.32. The molecule has 2 heterocycles. The normalized spacial score (nSPS) is 17.3. The Labute approximate surface area is 192 Å². The van der Waals surface area contributed by atoms with Gasteiger partial charge in [0.2, 0.25) is 0 Å². The lowest BCUT2D eigenvalue weighted by molar-refractivity contribution is 0.0749. The second kappa shape index (κ2) is 8.15. The Kier molecular flexibility index (Phi) is 5.29. The quantitative estimate of drug-likeness (QED) is 0.453. The van der Waals surface area contributed by atoms with Crippen LogP contribution in [0.2, 0.25) is 0 Å². The Hall–Kier alpha value is -3.45. The van der Waals surface area contributed by atoms with Crippen LogP contribution in [0, 0.1) is 0 Å². The Morgan fingerprint density at radius 2 is 1.79 bits per heavy atom. The van der Waals surface area contributed by atoms with Crippen LogP contribution in [0.1, 0.15) is 16.8 Å². The maximum Gasteiger partial charge on any atom is 0.254 e. The molecule has 0 saturated carbocycles. The summed E-state index contributed by atoms with van der Waals surface area (Å²) in [5.74, 6) is 0.741. The van der Waals surface area contributed by atoms with Gasteiger partial charge in [0.15, 0.2) is 9.84 Å². The second-order valence-electron chi connectivity index (χ2n) is 8.47. The highest BCUT2D eigenvalue weighted by molar-refractivity contribution is 7.91. The minimum Gasteiger partial charge on any atom is -0.497 e. The molecule has 0 N–H and O–H groups in total. The number of hydrogen-bond donors (Lipinski definition) is 0. The molecule has 5 rings (SSSR count). The third-order valence-electron chi connectivity index (χ3n) is 6.37. The molecule has 0 aliphatic carbocycles. The van der Waals surface area contributed by atoms with E-state index in [1.54, 1.807) is 19.1 Å². The molecule has 1 aliphatic rings. The highest BCUT2D eigenvalue weighted by Gasteiger charge is 2.33. The van der Waals surface area contributed by atoms with Crippen LogP contribution in [-0.4, -0.2) is 55.9 Å². The van der Waals surface area contributed by atoms with Crippen molar-refractivity contribution in [3.63, 3.8) is 0 Å². The zero-order valence-corrected chi connectivity index (χ0v) is 19.3. The van der Waals surface area contributed by atoms with Crippen molar-refractivity contribution in [1.82, 2.24) is 9.88 Å².